The van der Waals surface area contributed by atoms with E-state index in [1.54, 1.807) is 0 Å². The second-order valence-electron chi connectivity index (χ2n) is 4.08. The Balaban J connectivity index is 2.30. The molecule has 2 aromatic rings. The first-order valence-corrected chi connectivity index (χ1v) is 6.85. The van der Waals surface area contributed by atoms with E-state index in [-0.39, 0.29) is 26.3 Å². The molecule has 0 spiro atoms. The fraction of sp³-hybridized carbons (Fsp3) is 0. The summed E-state index contributed by atoms with van der Waals surface area (Å²) in [5.41, 5.74) is 0.359. The number of benzene rings is 2. The summed E-state index contributed by atoms with van der Waals surface area (Å²) in [6.45, 7) is 0. The molecular formula is C14H8BrClFNO3. The predicted molar refractivity (Wildman–Crippen MR) is 80.5 cm³/mol. The Morgan fingerprint density at radius 1 is 1.19 bits per heavy atom. The van der Waals surface area contributed by atoms with Gasteiger partial charge in [0.05, 0.1) is 16.3 Å². The summed E-state index contributed by atoms with van der Waals surface area (Å²) in [6.07, 6.45) is 0. The van der Waals surface area contributed by atoms with E-state index >= 15 is 0 Å². The normalized spacial score (nSPS) is 10.2. The number of carboxylic acids is 1. The van der Waals surface area contributed by atoms with Gasteiger partial charge in [0.1, 0.15) is 5.82 Å². The molecule has 0 unspecified atom stereocenters. The predicted octanol–water partition coefficient (Wildman–Crippen LogP) is 4.19. The van der Waals surface area contributed by atoms with Crippen LogP contribution in [0.5, 0.6) is 0 Å². The lowest BCUT2D eigenvalue weighted by molar-refractivity contribution is 0.0697. The van der Waals surface area contributed by atoms with Crippen LogP contribution >= 0.6 is 27.5 Å². The number of aromatic carboxylic acids is 1. The number of hydrogen-bond donors (Lipinski definition) is 2. The first-order chi connectivity index (χ1) is 9.88. The first-order valence-electron chi connectivity index (χ1n) is 5.67. The SMILES string of the molecule is O=C(O)c1cccc(C(=O)Nc2c(Cl)cc(F)cc2Br)c1. The molecule has 4 nitrogen and oxygen atoms in total. The summed E-state index contributed by atoms with van der Waals surface area (Å²) in [5, 5.41) is 11.4. The quantitative estimate of drug-likeness (QED) is 0.849. The van der Waals surface area contributed by atoms with Gasteiger partial charge in [0.2, 0.25) is 0 Å². The molecule has 0 saturated heterocycles. The Morgan fingerprint density at radius 3 is 2.48 bits per heavy atom. The Morgan fingerprint density at radius 2 is 1.86 bits per heavy atom. The Bertz CT molecular complexity index is 713. The Kier molecular flexibility index (Phi) is 4.59. The standard InChI is InChI=1S/C14H8BrClFNO3/c15-10-5-9(17)6-11(16)12(10)18-13(19)7-2-1-3-8(4-7)14(20)21/h1-6H,(H,18,19)(H,20,21). The summed E-state index contributed by atoms with van der Waals surface area (Å²) < 4.78 is 13.4. The van der Waals surface area contributed by atoms with Crippen LogP contribution in [0.4, 0.5) is 10.1 Å². The van der Waals surface area contributed by atoms with E-state index in [1.165, 1.54) is 24.3 Å². The van der Waals surface area contributed by atoms with Gasteiger partial charge in [-0.2, -0.15) is 0 Å². The summed E-state index contributed by atoms with van der Waals surface area (Å²) >= 11 is 8.97. The molecule has 2 aromatic carbocycles. The second-order valence-corrected chi connectivity index (χ2v) is 5.35. The van der Waals surface area contributed by atoms with Crippen LogP contribution in [0.2, 0.25) is 5.02 Å². The van der Waals surface area contributed by atoms with Crippen molar-refractivity contribution < 1.29 is 19.1 Å². The third kappa shape index (κ3) is 3.59. The number of hydrogen-bond acceptors (Lipinski definition) is 2. The zero-order valence-corrected chi connectivity index (χ0v) is 12.7. The molecule has 1 amide bonds. The summed E-state index contributed by atoms with van der Waals surface area (Å²) in [5.74, 6) is -2.23. The van der Waals surface area contributed by atoms with Crippen LogP contribution in [0.3, 0.4) is 0 Å². The van der Waals surface area contributed by atoms with Crippen molar-refractivity contribution in [1.82, 2.24) is 0 Å². The van der Waals surface area contributed by atoms with Crippen molar-refractivity contribution in [2.75, 3.05) is 5.32 Å². The van der Waals surface area contributed by atoms with Gasteiger partial charge in [-0.1, -0.05) is 17.7 Å². The van der Waals surface area contributed by atoms with E-state index in [4.69, 9.17) is 16.7 Å². The molecule has 0 saturated carbocycles. The van der Waals surface area contributed by atoms with Gasteiger partial charge in [-0.05, 0) is 46.3 Å². The summed E-state index contributed by atoms with van der Waals surface area (Å²) in [4.78, 5) is 23.0. The lowest BCUT2D eigenvalue weighted by Crippen LogP contribution is -2.13. The maximum absolute atomic E-state index is 13.1. The van der Waals surface area contributed by atoms with Crippen molar-refractivity contribution in [2.24, 2.45) is 0 Å². The molecule has 2 rings (SSSR count). The lowest BCUT2D eigenvalue weighted by Gasteiger charge is -2.10. The highest BCUT2D eigenvalue weighted by Gasteiger charge is 2.14. The molecule has 0 radical (unpaired) electrons. The third-order valence-electron chi connectivity index (χ3n) is 2.62. The van der Waals surface area contributed by atoms with Crippen LogP contribution < -0.4 is 5.32 Å². The molecule has 0 aromatic heterocycles. The minimum atomic E-state index is -1.13. The summed E-state index contributed by atoms with van der Waals surface area (Å²) in [6, 6.07) is 7.76. The second kappa shape index (κ2) is 6.24. The fourth-order valence-corrected chi connectivity index (χ4v) is 2.54. The number of anilines is 1. The van der Waals surface area contributed by atoms with Crippen molar-refractivity contribution in [2.45, 2.75) is 0 Å². The third-order valence-corrected chi connectivity index (χ3v) is 3.54. The number of amides is 1. The molecule has 0 bridgehead atoms. The van der Waals surface area contributed by atoms with E-state index in [0.717, 1.165) is 12.1 Å². The van der Waals surface area contributed by atoms with Gasteiger partial charge in [0, 0.05) is 10.0 Å². The molecule has 7 heteroatoms. The maximum atomic E-state index is 13.1. The molecular weight excluding hydrogens is 365 g/mol. The van der Waals surface area contributed by atoms with Gasteiger partial charge in [-0.25, -0.2) is 9.18 Å². The molecule has 0 fully saturated rings. The van der Waals surface area contributed by atoms with E-state index in [0.29, 0.717) is 0 Å². The van der Waals surface area contributed by atoms with Gasteiger partial charge in [-0.15, -0.1) is 0 Å². The van der Waals surface area contributed by atoms with Crippen LogP contribution in [0.15, 0.2) is 40.9 Å². The average Bonchev–Trinajstić information content (AvgIpc) is 2.42. The molecule has 21 heavy (non-hydrogen) atoms. The van der Waals surface area contributed by atoms with Gasteiger partial charge >= 0.3 is 5.97 Å². The molecule has 0 heterocycles. The number of carbonyl (C=O) groups excluding carboxylic acids is 1. The summed E-state index contributed by atoms with van der Waals surface area (Å²) in [7, 11) is 0. The molecule has 0 aliphatic carbocycles. The highest BCUT2D eigenvalue weighted by Crippen LogP contribution is 2.32. The van der Waals surface area contributed by atoms with E-state index in [2.05, 4.69) is 21.2 Å². The Labute approximate surface area is 132 Å². The van der Waals surface area contributed by atoms with Crippen molar-refractivity contribution >= 4 is 45.1 Å². The van der Waals surface area contributed by atoms with E-state index in [9.17, 15) is 14.0 Å². The van der Waals surface area contributed by atoms with Gasteiger partial charge in [-0.3, -0.25) is 4.79 Å². The maximum Gasteiger partial charge on any atom is 0.335 e. The topological polar surface area (TPSA) is 66.4 Å². The van der Waals surface area contributed by atoms with Crippen LogP contribution in [-0.4, -0.2) is 17.0 Å². The minimum Gasteiger partial charge on any atom is -0.478 e. The highest BCUT2D eigenvalue weighted by atomic mass is 79.9. The zero-order chi connectivity index (χ0) is 15.6. The largest absolute Gasteiger partial charge is 0.478 e. The number of nitrogens with one attached hydrogen (secondary N) is 1. The molecule has 2 N–H and O–H groups in total. The van der Waals surface area contributed by atoms with Crippen molar-refractivity contribution in [3.05, 3.63) is 62.8 Å². The number of carboxylic acid groups (broad SMARTS) is 1. The van der Waals surface area contributed by atoms with Crippen LogP contribution in [-0.2, 0) is 0 Å². The Hall–Kier alpha value is -1.92. The van der Waals surface area contributed by atoms with Crippen LogP contribution in [0.25, 0.3) is 0 Å². The van der Waals surface area contributed by atoms with Gasteiger partial charge in [0.15, 0.2) is 0 Å². The fourth-order valence-electron chi connectivity index (χ4n) is 1.64. The first kappa shape index (κ1) is 15.5. The van der Waals surface area contributed by atoms with Crippen molar-refractivity contribution in [3.63, 3.8) is 0 Å². The zero-order valence-electron chi connectivity index (χ0n) is 10.4. The van der Waals surface area contributed by atoms with E-state index < -0.39 is 17.7 Å². The number of halogens is 3. The van der Waals surface area contributed by atoms with Crippen molar-refractivity contribution in [1.29, 1.82) is 0 Å². The van der Waals surface area contributed by atoms with Gasteiger partial charge < -0.3 is 10.4 Å². The van der Waals surface area contributed by atoms with Crippen LogP contribution in [0.1, 0.15) is 20.7 Å². The van der Waals surface area contributed by atoms with E-state index in [1.807, 2.05) is 0 Å². The van der Waals surface area contributed by atoms with Crippen molar-refractivity contribution in [3.8, 4) is 0 Å². The number of carbonyl (C=O) groups is 2. The smallest absolute Gasteiger partial charge is 0.335 e. The van der Waals surface area contributed by atoms with Crippen LogP contribution in [0, 0.1) is 5.82 Å². The molecule has 108 valence electrons. The van der Waals surface area contributed by atoms with Gasteiger partial charge in [0.25, 0.3) is 5.91 Å². The highest BCUT2D eigenvalue weighted by molar-refractivity contribution is 9.10. The molecule has 0 aliphatic heterocycles. The minimum absolute atomic E-state index is 0.00748. The lowest BCUT2D eigenvalue weighted by atomic mass is 10.1. The monoisotopic (exact) mass is 371 g/mol. The average molecular weight is 373 g/mol. The molecule has 0 aliphatic rings. The molecule has 0 atom stereocenters. The number of rotatable bonds is 3.